The molecule has 8 nitrogen and oxygen atoms in total. The molecule has 4 heterocycles. The van der Waals surface area contributed by atoms with E-state index in [2.05, 4.69) is 25.4 Å². The summed E-state index contributed by atoms with van der Waals surface area (Å²) in [7, 11) is 1.83. The number of carbonyl (C=O) groups is 1. The molecule has 0 spiro atoms. The van der Waals surface area contributed by atoms with Crippen molar-refractivity contribution >= 4 is 17.4 Å². The minimum atomic E-state index is -4.46. The number of halogens is 3. The van der Waals surface area contributed by atoms with E-state index in [1.54, 1.807) is 10.9 Å². The van der Waals surface area contributed by atoms with Gasteiger partial charge in [-0.05, 0) is 44.4 Å². The number of aryl methyl sites for hydroxylation is 3. The van der Waals surface area contributed by atoms with Crippen molar-refractivity contribution in [3.63, 3.8) is 0 Å². The average molecular weight is 459 g/mol. The third-order valence-corrected chi connectivity index (χ3v) is 5.91. The second-order valence-corrected chi connectivity index (χ2v) is 8.18. The van der Waals surface area contributed by atoms with E-state index in [-0.39, 0.29) is 18.0 Å². The van der Waals surface area contributed by atoms with Crippen LogP contribution in [0, 0.1) is 6.92 Å². The lowest BCUT2D eigenvalue weighted by Gasteiger charge is -2.32. The number of pyridine rings is 1. The van der Waals surface area contributed by atoms with Gasteiger partial charge in [-0.3, -0.25) is 14.5 Å². The molecule has 0 saturated carbocycles. The fourth-order valence-electron chi connectivity index (χ4n) is 3.66. The van der Waals surface area contributed by atoms with Crippen molar-refractivity contribution in [1.82, 2.24) is 24.7 Å². The molecule has 33 heavy (non-hydrogen) atoms. The number of rotatable bonds is 5. The van der Waals surface area contributed by atoms with Gasteiger partial charge in [-0.1, -0.05) is 6.07 Å². The maximum Gasteiger partial charge on any atom is 0.433 e. The molecule has 1 aliphatic rings. The maximum absolute atomic E-state index is 12.7. The maximum atomic E-state index is 12.7. The van der Waals surface area contributed by atoms with Crippen LogP contribution in [0.25, 0.3) is 0 Å². The van der Waals surface area contributed by atoms with Gasteiger partial charge in [0.25, 0.3) is 0 Å². The molecule has 4 rings (SSSR count). The molecule has 174 valence electrons. The van der Waals surface area contributed by atoms with Gasteiger partial charge in [-0.15, -0.1) is 0 Å². The Morgan fingerprint density at radius 2 is 1.94 bits per heavy atom. The number of hydrogen-bond acceptors (Lipinski definition) is 6. The number of carbonyl (C=O) groups excluding carboxylic acids is 1. The Balaban J connectivity index is 1.45. The number of alkyl halides is 3. The predicted octanol–water partition coefficient (Wildman–Crippen LogP) is 3.57. The highest BCUT2D eigenvalue weighted by atomic mass is 19.4. The Kier molecular flexibility index (Phi) is 5.81. The second kappa shape index (κ2) is 8.45. The fourth-order valence-corrected chi connectivity index (χ4v) is 3.66. The summed E-state index contributed by atoms with van der Waals surface area (Å²) in [6.07, 6.45) is 1.58. The minimum absolute atomic E-state index is 0.0887. The Morgan fingerprint density at radius 3 is 2.61 bits per heavy atom. The Labute approximate surface area is 188 Å². The first-order valence-electron chi connectivity index (χ1n) is 10.5. The number of nitrogens with zero attached hydrogens (tertiary/aromatic N) is 6. The van der Waals surface area contributed by atoms with Gasteiger partial charge in [0.15, 0.2) is 5.82 Å². The number of aromatic nitrogens is 5. The van der Waals surface area contributed by atoms with Crippen molar-refractivity contribution in [2.75, 3.05) is 17.3 Å². The summed E-state index contributed by atoms with van der Waals surface area (Å²) in [4.78, 5) is 26.6. The monoisotopic (exact) mass is 459 g/mol. The summed E-state index contributed by atoms with van der Waals surface area (Å²) < 4.78 is 39.9. The lowest BCUT2D eigenvalue weighted by molar-refractivity contribution is -0.141. The normalized spacial score (nSPS) is 17.0. The van der Waals surface area contributed by atoms with Gasteiger partial charge in [0, 0.05) is 25.9 Å². The van der Waals surface area contributed by atoms with Crippen LogP contribution in [-0.2, 0) is 23.8 Å². The molecule has 0 unspecified atom stereocenters. The molecule has 0 bridgehead atoms. The molecule has 11 heteroatoms. The number of hydrogen-bond donors (Lipinski definition) is 1. The van der Waals surface area contributed by atoms with Gasteiger partial charge < -0.3 is 10.2 Å². The van der Waals surface area contributed by atoms with Crippen molar-refractivity contribution < 1.29 is 18.0 Å². The molecule has 0 saturated heterocycles. The van der Waals surface area contributed by atoms with Crippen molar-refractivity contribution in [2.45, 2.75) is 51.9 Å². The number of fused-ring (bicyclic) bond motifs is 1. The first-order chi connectivity index (χ1) is 15.5. The highest BCUT2D eigenvalue weighted by Crippen LogP contribution is 2.31. The summed E-state index contributed by atoms with van der Waals surface area (Å²) in [6, 6.07) is 1.81. The Bertz CT molecular complexity index is 1170. The minimum Gasteiger partial charge on any atom is -0.346 e. The molecule has 3 aromatic rings. The zero-order chi connectivity index (χ0) is 23.9. The van der Waals surface area contributed by atoms with Crippen LogP contribution < -0.4 is 10.2 Å². The number of likely N-dealkylation sites (N-methyl/N-ethyl adjacent to an activating group) is 1. The molecule has 1 N–H and O–H groups in total. The van der Waals surface area contributed by atoms with Crippen molar-refractivity contribution in [3.8, 4) is 0 Å². The van der Waals surface area contributed by atoms with Crippen LogP contribution in [-0.4, -0.2) is 43.7 Å². The number of nitrogens with one attached hydrogen (secondary N) is 1. The topological polar surface area (TPSA) is 88.8 Å². The standard InChI is InChI=1S/C22H24F3N7O/c1-12-19-20(31(4)14(3)21(33)30-19)29-18(28-12)8-5-15-9-27-32(11-15)13(2)16-6-7-17(26-10-16)22(23,24)25/h6-7,9-11,13-14H,5,8H2,1-4H3,(H,30,33)/t13-,14-/m0/s1. The Hall–Kier alpha value is -3.50. The first kappa shape index (κ1) is 22.7. The van der Waals surface area contributed by atoms with Crippen LogP contribution in [0.5, 0.6) is 0 Å². The summed E-state index contributed by atoms with van der Waals surface area (Å²) in [6.45, 7) is 5.51. The quantitative estimate of drug-likeness (QED) is 0.628. The molecular weight excluding hydrogens is 435 g/mol. The van der Waals surface area contributed by atoms with Crippen LogP contribution in [0.15, 0.2) is 30.7 Å². The van der Waals surface area contributed by atoms with Gasteiger partial charge in [0.05, 0.1) is 17.9 Å². The van der Waals surface area contributed by atoms with Crippen LogP contribution in [0.1, 0.15) is 48.2 Å². The molecule has 1 amide bonds. The van der Waals surface area contributed by atoms with E-state index in [0.29, 0.717) is 41.4 Å². The zero-order valence-corrected chi connectivity index (χ0v) is 18.7. The molecule has 2 atom stereocenters. The van der Waals surface area contributed by atoms with E-state index < -0.39 is 11.9 Å². The SMILES string of the molecule is Cc1nc(CCc2cnn([C@@H](C)c3ccc(C(F)(F)F)nc3)c2)nc2c1NC(=O)[C@H](C)N2C. The van der Waals surface area contributed by atoms with E-state index in [1.807, 2.05) is 38.9 Å². The van der Waals surface area contributed by atoms with E-state index in [1.165, 1.54) is 12.3 Å². The third-order valence-electron chi connectivity index (χ3n) is 5.91. The highest BCUT2D eigenvalue weighted by Gasteiger charge is 2.32. The highest BCUT2D eigenvalue weighted by molar-refractivity contribution is 6.02. The van der Waals surface area contributed by atoms with Gasteiger partial charge in [0.1, 0.15) is 23.2 Å². The van der Waals surface area contributed by atoms with Crippen molar-refractivity contribution in [1.29, 1.82) is 0 Å². The lowest BCUT2D eigenvalue weighted by atomic mass is 10.1. The molecule has 3 aromatic heterocycles. The molecule has 0 radical (unpaired) electrons. The van der Waals surface area contributed by atoms with Gasteiger partial charge in [0.2, 0.25) is 5.91 Å². The summed E-state index contributed by atoms with van der Waals surface area (Å²) in [5.74, 6) is 1.27. The zero-order valence-electron chi connectivity index (χ0n) is 18.7. The third kappa shape index (κ3) is 4.53. The van der Waals surface area contributed by atoms with E-state index in [0.717, 1.165) is 11.6 Å². The van der Waals surface area contributed by atoms with Gasteiger partial charge in [-0.25, -0.2) is 9.97 Å². The van der Waals surface area contributed by atoms with Crippen LogP contribution in [0.4, 0.5) is 24.7 Å². The van der Waals surface area contributed by atoms with E-state index in [4.69, 9.17) is 0 Å². The van der Waals surface area contributed by atoms with Crippen molar-refractivity contribution in [2.24, 2.45) is 0 Å². The van der Waals surface area contributed by atoms with Crippen molar-refractivity contribution in [3.05, 3.63) is 59.1 Å². The van der Waals surface area contributed by atoms with Gasteiger partial charge in [-0.2, -0.15) is 18.3 Å². The van der Waals surface area contributed by atoms with Crippen LogP contribution >= 0.6 is 0 Å². The molecule has 1 aliphatic heterocycles. The average Bonchev–Trinajstić information content (AvgIpc) is 3.25. The predicted molar refractivity (Wildman–Crippen MR) is 116 cm³/mol. The molecule has 0 fully saturated rings. The molecule has 0 aliphatic carbocycles. The molecular formula is C22H24F3N7O. The fraction of sp³-hybridized carbons (Fsp3) is 0.409. The van der Waals surface area contributed by atoms with E-state index >= 15 is 0 Å². The van der Waals surface area contributed by atoms with Crippen LogP contribution in [0.2, 0.25) is 0 Å². The summed E-state index contributed by atoms with van der Waals surface area (Å²) in [5, 5.41) is 7.23. The summed E-state index contributed by atoms with van der Waals surface area (Å²) in [5.41, 5.74) is 2.01. The van der Waals surface area contributed by atoms with E-state index in [9.17, 15) is 18.0 Å². The first-order valence-corrected chi connectivity index (χ1v) is 10.5. The largest absolute Gasteiger partial charge is 0.433 e. The number of anilines is 2. The summed E-state index contributed by atoms with van der Waals surface area (Å²) >= 11 is 0. The lowest BCUT2D eigenvalue weighted by Crippen LogP contribution is -2.45. The van der Waals surface area contributed by atoms with Gasteiger partial charge >= 0.3 is 6.18 Å². The smallest absolute Gasteiger partial charge is 0.346 e. The Morgan fingerprint density at radius 1 is 1.18 bits per heavy atom. The number of amides is 1. The second-order valence-electron chi connectivity index (χ2n) is 8.18. The van der Waals surface area contributed by atoms with Crippen LogP contribution in [0.3, 0.4) is 0 Å². The molecule has 0 aromatic carbocycles.